The highest BCUT2D eigenvalue weighted by Crippen LogP contribution is 2.42. The Hall–Kier alpha value is -2.73. The molecule has 1 N–H and O–H groups in total. The lowest BCUT2D eigenvalue weighted by atomic mass is 9.80. The summed E-state index contributed by atoms with van der Waals surface area (Å²) in [7, 11) is 0. The Labute approximate surface area is 177 Å². The largest absolute Gasteiger partial charge is 0.362 e. The summed E-state index contributed by atoms with van der Waals surface area (Å²) < 4.78 is 6.34. The van der Waals surface area contributed by atoms with Crippen LogP contribution in [0.5, 0.6) is 0 Å². The van der Waals surface area contributed by atoms with Crippen LogP contribution in [0.3, 0.4) is 0 Å². The fourth-order valence-corrected chi connectivity index (χ4v) is 4.79. The van der Waals surface area contributed by atoms with Gasteiger partial charge >= 0.3 is 0 Å². The van der Waals surface area contributed by atoms with Crippen LogP contribution in [-0.4, -0.2) is 46.5 Å². The molecule has 6 nitrogen and oxygen atoms in total. The highest BCUT2D eigenvalue weighted by Gasteiger charge is 2.49. The molecule has 30 heavy (non-hydrogen) atoms. The summed E-state index contributed by atoms with van der Waals surface area (Å²) in [5.74, 6) is 0.116. The number of hydrogen-bond acceptors (Lipinski definition) is 4. The fourth-order valence-electron chi connectivity index (χ4n) is 4.79. The zero-order chi connectivity index (χ0) is 21.3. The van der Waals surface area contributed by atoms with Crippen LogP contribution >= 0.6 is 0 Å². The first kappa shape index (κ1) is 20.5. The summed E-state index contributed by atoms with van der Waals surface area (Å²) in [6, 6.07) is 9.59. The summed E-state index contributed by atoms with van der Waals surface area (Å²) in [5, 5.41) is 2.89. The van der Waals surface area contributed by atoms with E-state index in [1.54, 1.807) is 18.5 Å². The van der Waals surface area contributed by atoms with Crippen LogP contribution in [0.2, 0.25) is 0 Å². The highest BCUT2D eigenvalue weighted by atomic mass is 16.5. The monoisotopic (exact) mass is 407 g/mol. The average Bonchev–Trinajstić information content (AvgIpc) is 3.15. The number of ether oxygens (including phenoxy) is 1. The summed E-state index contributed by atoms with van der Waals surface area (Å²) in [4.78, 5) is 31.6. The molecule has 0 radical (unpaired) electrons. The number of amides is 2. The van der Waals surface area contributed by atoms with Gasteiger partial charge in [-0.2, -0.15) is 0 Å². The molecule has 6 heteroatoms. The number of aromatic nitrogens is 1. The summed E-state index contributed by atoms with van der Waals surface area (Å²) in [5.41, 5.74) is 3.28. The van der Waals surface area contributed by atoms with Crippen molar-refractivity contribution < 1.29 is 14.3 Å². The van der Waals surface area contributed by atoms with E-state index in [1.807, 2.05) is 36.9 Å². The molecule has 0 saturated carbocycles. The Morgan fingerprint density at radius 1 is 1.20 bits per heavy atom. The summed E-state index contributed by atoms with van der Waals surface area (Å²) >= 11 is 0. The van der Waals surface area contributed by atoms with Gasteiger partial charge in [0.05, 0.1) is 17.5 Å². The molecule has 3 unspecified atom stereocenters. The first-order chi connectivity index (χ1) is 14.4. The molecule has 2 amide bonds. The van der Waals surface area contributed by atoms with E-state index in [2.05, 4.69) is 23.3 Å². The number of nitrogens with one attached hydrogen (secondary N) is 1. The predicted octanol–water partition coefficient (Wildman–Crippen LogP) is 3.74. The van der Waals surface area contributed by atoms with E-state index in [-0.39, 0.29) is 23.3 Å². The van der Waals surface area contributed by atoms with Crippen LogP contribution in [0.15, 0.2) is 42.7 Å². The number of nitrogens with zero attached hydrogens (tertiary/aromatic N) is 2. The lowest BCUT2D eigenvalue weighted by molar-refractivity contribution is -0.141. The molecule has 158 valence electrons. The molecular formula is C24H29N3O3. The molecule has 0 bridgehead atoms. The third kappa shape index (κ3) is 4.10. The number of carbonyl (C=O) groups excluding carboxylic acids is 2. The van der Waals surface area contributed by atoms with Gasteiger partial charge in [0.1, 0.15) is 6.10 Å². The van der Waals surface area contributed by atoms with Gasteiger partial charge in [-0.25, -0.2) is 0 Å². The maximum Gasteiger partial charge on any atom is 0.253 e. The molecule has 3 heterocycles. The number of hydrogen-bond donors (Lipinski definition) is 1. The number of aryl methyl sites for hydroxylation is 2. The second-order valence-electron chi connectivity index (χ2n) is 8.72. The molecule has 2 fully saturated rings. The smallest absolute Gasteiger partial charge is 0.253 e. The Balaban J connectivity index is 1.39. The van der Waals surface area contributed by atoms with Crippen molar-refractivity contribution in [2.45, 2.75) is 51.7 Å². The summed E-state index contributed by atoms with van der Waals surface area (Å²) in [6.07, 6.45) is 5.12. The lowest BCUT2D eigenvalue weighted by Gasteiger charge is -2.44. The molecule has 1 aromatic carbocycles. The normalized spacial score (nSPS) is 26.0. The third-order valence-electron chi connectivity index (χ3n) is 6.38. The van der Waals surface area contributed by atoms with E-state index >= 15 is 0 Å². The van der Waals surface area contributed by atoms with E-state index in [0.717, 1.165) is 29.5 Å². The Kier molecular flexibility index (Phi) is 5.60. The zero-order valence-corrected chi connectivity index (χ0v) is 17.9. The first-order valence-electron chi connectivity index (χ1n) is 10.6. The Morgan fingerprint density at radius 3 is 2.63 bits per heavy atom. The van der Waals surface area contributed by atoms with Gasteiger partial charge in [0.15, 0.2) is 0 Å². The lowest BCUT2D eigenvalue weighted by Crippen LogP contribution is -2.52. The van der Waals surface area contributed by atoms with Crippen molar-refractivity contribution in [2.75, 3.05) is 18.4 Å². The average molecular weight is 408 g/mol. The zero-order valence-electron chi connectivity index (χ0n) is 17.9. The maximum absolute atomic E-state index is 13.0. The first-order valence-corrected chi connectivity index (χ1v) is 10.6. The minimum absolute atomic E-state index is 0.0763. The third-order valence-corrected chi connectivity index (χ3v) is 6.38. The van der Waals surface area contributed by atoms with Gasteiger partial charge in [-0.1, -0.05) is 24.1 Å². The minimum atomic E-state index is -0.464. The van der Waals surface area contributed by atoms with Gasteiger partial charge < -0.3 is 15.0 Å². The molecular weight excluding hydrogens is 378 g/mol. The van der Waals surface area contributed by atoms with Crippen LogP contribution in [0.1, 0.15) is 47.7 Å². The predicted molar refractivity (Wildman–Crippen MR) is 115 cm³/mol. The van der Waals surface area contributed by atoms with E-state index in [0.29, 0.717) is 25.2 Å². The number of likely N-dealkylation sites (tertiary alicyclic amines) is 1. The van der Waals surface area contributed by atoms with Gasteiger partial charge in [0.2, 0.25) is 0 Å². The summed E-state index contributed by atoms with van der Waals surface area (Å²) in [6.45, 7) is 7.44. The number of piperidine rings is 1. The van der Waals surface area contributed by atoms with Crippen molar-refractivity contribution in [2.24, 2.45) is 5.92 Å². The van der Waals surface area contributed by atoms with Crippen molar-refractivity contribution in [3.63, 3.8) is 0 Å². The number of rotatable bonds is 3. The minimum Gasteiger partial charge on any atom is -0.362 e. The van der Waals surface area contributed by atoms with Gasteiger partial charge in [0, 0.05) is 30.8 Å². The van der Waals surface area contributed by atoms with Crippen LogP contribution in [0.4, 0.5) is 5.69 Å². The molecule has 0 aliphatic carbocycles. The molecule has 3 atom stereocenters. The molecule has 2 saturated heterocycles. The molecule has 2 aliphatic rings. The van der Waals surface area contributed by atoms with E-state index in [1.165, 1.54) is 0 Å². The number of carbonyl (C=O) groups is 2. The SMILES string of the molecule is Cc1cc(C)cc(C(=O)N2CCC3(CCC(C(=O)Nc4cccnc4)O3)C(C)C2)c1. The van der Waals surface area contributed by atoms with Crippen molar-refractivity contribution in [3.8, 4) is 0 Å². The molecule has 1 spiro atoms. The molecule has 2 aliphatic heterocycles. The van der Waals surface area contributed by atoms with Gasteiger partial charge in [0.25, 0.3) is 11.8 Å². The van der Waals surface area contributed by atoms with Crippen molar-refractivity contribution in [1.29, 1.82) is 0 Å². The molecule has 1 aromatic heterocycles. The van der Waals surface area contributed by atoms with Crippen molar-refractivity contribution in [3.05, 3.63) is 59.4 Å². The van der Waals surface area contributed by atoms with Gasteiger partial charge in [-0.15, -0.1) is 0 Å². The van der Waals surface area contributed by atoms with Crippen LogP contribution in [-0.2, 0) is 9.53 Å². The maximum atomic E-state index is 13.0. The van der Waals surface area contributed by atoms with Crippen LogP contribution in [0.25, 0.3) is 0 Å². The quantitative estimate of drug-likeness (QED) is 0.841. The van der Waals surface area contributed by atoms with E-state index in [9.17, 15) is 9.59 Å². The van der Waals surface area contributed by atoms with Crippen LogP contribution in [0, 0.1) is 19.8 Å². The fraction of sp³-hybridized carbons (Fsp3) is 0.458. The highest BCUT2D eigenvalue weighted by molar-refractivity contribution is 5.95. The van der Waals surface area contributed by atoms with Gasteiger partial charge in [-0.05, 0) is 57.4 Å². The standard InChI is InChI=1S/C24H29N3O3/c1-16-11-17(2)13-19(12-16)23(29)27-10-8-24(18(3)15-27)7-6-21(30-24)22(28)26-20-5-4-9-25-14-20/h4-5,9,11-14,18,21H,6-8,10,15H2,1-3H3,(H,26,28). The van der Waals surface area contributed by atoms with Crippen molar-refractivity contribution >= 4 is 17.5 Å². The van der Waals surface area contributed by atoms with E-state index in [4.69, 9.17) is 4.74 Å². The second-order valence-corrected chi connectivity index (χ2v) is 8.72. The van der Waals surface area contributed by atoms with E-state index < -0.39 is 6.10 Å². The topological polar surface area (TPSA) is 71.5 Å². The number of benzene rings is 1. The van der Waals surface area contributed by atoms with Crippen LogP contribution < -0.4 is 5.32 Å². The Bertz CT molecular complexity index is 926. The van der Waals surface area contributed by atoms with Gasteiger partial charge in [-0.3, -0.25) is 14.6 Å². The van der Waals surface area contributed by atoms with Crippen molar-refractivity contribution in [1.82, 2.24) is 9.88 Å². The molecule has 4 rings (SSSR count). The molecule has 2 aromatic rings. The number of pyridine rings is 1. The second kappa shape index (κ2) is 8.19. The Morgan fingerprint density at radius 2 is 1.97 bits per heavy atom. The number of anilines is 1.